The summed E-state index contributed by atoms with van der Waals surface area (Å²) in [7, 11) is 0. The van der Waals surface area contributed by atoms with Gasteiger partial charge in [0, 0.05) is 19.6 Å². The molecule has 0 spiro atoms. The molecule has 6 heteroatoms. The van der Waals surface area contributed by atoms with E-state index in [1.807, 2.05) is 16.5 Å². The molecular formula is C11H17BrN4O. The number of aromatic nitrogens is 2. The number of halogens is 1. The van der Waals surface area contributed by atoms with Gasteiger partial charge in [0.05, 0.1) is 29.0 Å². The van der Waals surface area contributed by atoms with E-state index in [1.54, 1.807) is 0 Å². The smallest absolute Gasteiger partial charge is 0.236 e. The van der Waals surface area contributed by atoms with Crippen molar-refractivity contribution < 1.29 is 4.79 Å². The zero-order valence-corrected chi connectivity index (χ0v) is 11.7. The van der Waals surface area contributed by atoms with Crippen LogP contribution in [0.5, 0.6) is 0 Å². The second kappa shape index (κ2) is 5.18. The molecule has 2 rings (SSSR count). The second-order valence-electron chi connectivity index (χ2n) is 4.15. The number of hydrogen-bond acceptors (Lipinski definition) is 3. The summed E-state index contributed by atoms with van der Waals surface area (Å²) in [6.07, 6.45) is 0. The summed E-state index contributed by atoms with van der Waals surface area (Å²) >= 11 is 3.55. The Bertz CT molecular complexity index is 429. The number of hydrogen-bond donors (Lipinski definition) is 1. The van der Waals surface area contributed by atoms with Gasteiger partial charge in [-0.1, -0.05) is 0 Å². The molecule has 0 radical (unpaired) electrons. The molecule has 1 aromatic rings. The number of nitrogens with zero attached hydrogens (tertiary/aromatic N) is 3. The summed E-state index contributed by atoms with van der Waals surface area (Å²) in [5.41, 5.74) is 2.06. The lowest BCUT2D eigenvalue weighted by Gasteiger charge is -2.27. The van der Waals surface area contributed by atoms with E-state index in [9.17, 15) is 4.79 Å². The lowest BCUT2D eigenvalue weighted by Crippen LogP contribution is -2.47. The highest BCUT2D eigenvalue weighted by Crippen LogP contribution is 2.22. The van der Waals surface area contributed by atoms with Crippen molar-refractivity contribution in [1.29, 1.82) is 0 Å². The summed E-state index contributed by atoms with van der Waals surface area (Å²) in [4.78, 5) is 13.6. The van der Waals surface area contributed by atoms with Crippen molar-refractivity contribution in [2.45, 2.75) is 26.9 Å². The maximum Gasteiger partial charge on any atom is 0.236 e. The van der Waals surface area contributed by atoms with Crippen LogP contribution < -0.4 is 5.32 Å². The van der Waals surface area contributed by atoms with Crippen LogP contribution in [0.2, 0.25) is 0 Å². The minimum absolute atomic E-state index is 0.157. The first-order chi connectivity index (χ1) is 8.13. The molecule has 1 amide bonds. The molecule has 0 unspecified atom stereocenters. The highest BCUT2D eigenvalue weighted by Gasteiger charge is 2.21. The molecule has 0 bridgehead atoms. The Morgan fingerprint density at radius 2 is 2.29 bits per heavy atom. The van der Waals surface area contributed by atoms with Crippen LogP contribution in [0.1, 0.15) is 18.3 Å². The number of carbonyl (C=O) groups excluding carboxylic acids is 1. The standard InChI is InChI=1S/C11H17BrN4O/c1-3-16-9(11(12)8(2)14-16)7-15-5-4-13-6-10(15)17/h13H,3-7H2,1-2H3. The number of aryl methyl sites for hydroxylation is 2. The van der Waals surface area contributed by atoms with Gasteiger partial charge >= 0.3 is 0 Å². The largest absolute Gasteiger partial charge is 0.334 e. The second-order valence-corrected chi connectivity index (χ2v) is 4.95. The third-order valence-electron chi connectivity index (χ3n) is 2.98. The first-order valence-corrected chi connectivity index (χ1v) is 6.63. The molecule has 0 atom stereocenters. The fourth-order valence-corrected chi connectivity index (χ4v) is 2.42. The van der Waals surface area contributed by atoms with E-state index < -0.39 is 0 Å². The zero-order chi connectivity index (χ0) is 12.4. The third-order valence-corrected chi connectivity index (χ3v) is 4.01. The fourth-order valence-electron chi connectivity index (χ4n) is 2.01. The Morgan fingerprint density at radius 3 is 2.94 bits per heavy atom. The van der Waals surface area contributed by atoms with E-state index in [0.717, 1.165) is 35.5 Å². The van der Waals surface area contributed by atoms with Crippen molar-refractivity contribution in [3.8, 4) is 0 Å². The van der Waals surface area contributed by atoms with Crippen molar-refractivity contribution in [3.63, 3.8) is 0 Å². The molecule has 1 N–H and O–H groups in total. The summed E-state index contributed by atoms with van der Waals surface area (Å²) in [5.74, 6) is 0.157. The summed E-state index contributed by atoms with van der Waals surface area (Å²) in [6, 6.07) is 0. The van der Waals surface area contributed by atoms with Crippen molar-refractivity contribution >= 4 is 21.8 Å². The molecule has 1 aliphatic rings. The lowest BCUT2D eigenvalue weighted by atomic mass is 10.3. The van der Waals surface area contributed by atoms with Crippen LogP contribution >= 0.6 is 15.9 Å². The Labute approximate surface area is 109 Å². The predicted octanol–water partition coefficient (Wildman–Crippen LogP) is 0.906. The maximum absolute atomic E-state index is 11.7. The van der Waals surface area contributed by atoms with Crippen LogP contribution in [0.3, 0.4) is 0 Å². The van der Waals surface area contributed by atoms with Gasteiger partial charge in [-0.2, -0.15) is 5.10 Å². The van der Waals surface area contributed by atoms with Crippen molar-refractivity contribution in [1.82, 2.24) is 20.0 Å². The molecule has 17 heavy (non-hydrogen) atoms. The summed E-state index contributed by atoms with van der Waals surface area (Å²) in [5, 5.41) is 7.51. The van der Waals surface area contributed by atoms with E-state index >= 15 is 0 Å². The van der Waals surface area contributed by atoms with Crippen LogP contribution in [-0.4, -0.2) is 40.2 Å². The summed E-state index contributed by atoms with van der Waals surface area (Å²) in [6.45, 7) is 7.55. The molecule has 1 aliphatic heterocycles. The molecule has 1 fully saturated rings. The quantitative estimate of drug-likeness (QED) is 0.903. The molecule has 1 saturated heterocycles. The molecular weight excluding hydrogens is 284 g/mol. The highest BCUT2D eigenvalue weighted by molar-refractivity contribution is 9.10. The predicted molar refractivity (Wildman–Crippen MR) is 68.6 cm³/mol. The highest BCUT2D eigenvalue weighted by atomic mass is 79.9. The number of amides is 1. The molecule has 0 saturated carbocycles. The number of carbonyl (C=O) groups is 1. The minimum Gasteiger partial charge on any atom is -0.334 e. The van der Waals surface area contributed by atoms with E-state index in [0.29, 0.717) is 13.1 Å². The first kappa shape index (κ1) is 12.6. The summed E-state index contributed by atoms with van der Waals surface area (Å²) < 4.78 is 2.97. The number of nitrogens with one attached hydrogen (secondary N) is 1. The van der Waals surface area contributed by atoms with Crippen LogP contribution in [0.15, 0.2) is 4.47 Å². The minimum atomic E-state index is 0.157. The zero-order valence-electron chi connectivity index (χ0n) is 10.2. The third kappa shape index (κ3) is 2.52. The Kier molecular flexibility index (Phi) is 3.83. The van der Waals surface area contributed by atoms with Gasteiger partial charge in [-0.15, -0.1) is 0 Å². The van der Waals surface area contributed by atoms with Crippen molar-refractivity contribution in [2.75, 3.05) is 19.6 Å². The molecule has 0 aliphatic carbocycles. The Morgan fingerprint density at radius 1 is 1.53 bits per heavy atom. The van der Waals surface area contributed by atoms with Crippen molar-refractivity contribution in [2.24, 2.45) is 0 Å². The van der Waals surface area contributed by atoms with Gasteiger partial charge in [-0.25, -0.2) is 0 Å². The lowest BCUT2D eigenvalue weighted by molar-refractivity contribution is -0.132. The SMILES string of the molecule is CCn1nc(C)c(Br)c1CN1CCNCC1=O. The van der Waals surface area contributed by atoms with E-state index in [4.69, 9.17) is 0 Å². The molecule has 2 heterocycles. The van der Waals surface area contributed by atoms with Crippen LogP contribution in [0, 0.1) is 6.92 Å². The molecule has 1 aromatic heterocycles. The average molecular weight is 301 g/mol. The number of rotatable bonds is 3. The molecule has 94 valence electrons. The monoisotopic (exact) mass is 300 g/mol. The topological polar surface area (TPSA) is 50.2 Å². The van der Waals surface area contributed by atoms with Crippen LogP contribution in [0.4, 0.5) is 0 Å². The van der Waals surface area contributed by atoms with E-state index in [-0.39, 0.29) is 5.91 Å². The van der Waals surface area contributed by atoms with Crippen LogP contribution in [0.25, 0.3) is 0 Å². The van der Waals surface area contributed by atoms with Gasteiger partial charge in [0.2, 0.25) is 5.91 Å². The van der Waals surface area contributed by atoms with Gasteiger partial charge < -0.3 is 10.2 Å². The average Bonchev–Trinajstić information content (AvgIpc) is 2.59. The normalized spacial score (nSPS) is 16.6. The van der Waals surface area contributed by atoms with Gasteiger partial charge in [-0.05, 0) is 29.8 Å². The van der Waals surface area contributed by atoms with E-state index in [1.165, 1.54) is 0 Å². The Balaban J connectivity index is 2.19. The maximum atomic E-state index is 11.7. The van der Waals surface area contributed by atoms with Crippen LogP contribution in [-0.2, 0) is 17.9 Å². The fraction of sp³-hybridized carbons (Fsp3) is 0.636. The van der Waals surface area contributed by atoms with Gasteiger partial charge in [0.15, 0.2) is 0 Å². The van der Waals surface area contributed by atoms with Crippen molar-refractivity contribution in [3.05, 3.63) is 15.9 Å². The Hall–Kier alpha value is -0.880. The molecule has 5 nitrogen and oxygen atoms in total. The van der Waals surface area contributed by atoms with E-state index in [2.05, 4.69) is 33.3 Å². The van der Waals surface area contributed by atoms with Gasteiger partial charge in [0.1, 0.15) is 0 Å². The van der Waals surface area contributed by atoms with Gasteiger partial charge in [-0.3, -0.25) is 9.48 Å². The first-order valence-electron chi connectivity index (χ1n) is 5.83. The van der Waals surface area contributed by atoms with Gasteiger partial charge in [0.25, 0.3) is 0 Å². The molecule has 0 aromatic carbocycles. The number of piperazine rings is 1.